The molecule has 0 aromatic carbocycles. The second-order valence-corrected chi connectivity index (χ2v) is 5.50. The molecule has 1 unspecified atom stereocenters. The third-order valence-electron chi connectivity index (χ3n) is 3.06. The van der Waals surface area contributed by atoms with E-state index in [1.54, 1.807) is 0 Å². The molecule has 0 bridgehead atoms. The first kappa shape index (κ1) is 13.5. The van der Waals surface area contributed by atoms with E-state index in [1.807, 2.05) is 18.5 Å². The number of nitrogen functional groups attached to an aromatic ring is 1. The van der Waals surface area contributed by atoms with Gasteiger partial charge in [-0.25, -0.2) is 5.84 Å². The number of ether oxygens (including phenoxy) is 1. The molecule has 0 aliphatic carbocycles. The highest BCUT2D eigenvalue weighted by Gasteiger charge is 2.19. The van der Waals surface area contributed by atoms with Crippen molar-refractivity contribution in [1.29, 1.82) is 0 Å². The number of rotatable bonds is 5. The first-order chi connectivity index (χ1) is 8.70. The van der Waals surface area contributed by atoms with Crippen LogP contribution in [0.1, 0.15) is 28.1 Å². The lowest BCUT2D eigenvalue weighted by molar-refractivity contribution is 0.0792. The third kappa shape index (κ3) is 3.29. The maximum atomic E-state index is 11.6. The predicted octanol–water partition coefficient (Wildman–Crippen LogP) is 0.962. The molecule has 1 saturated heterocycles. The molecular formula is C12H19N3O2S. The van der Waals surface area contributed by atoms with Crippen LogP contribution in [0.5, 0.6) is 0 Å². The smallest absolute Gasteiger partial charge is 0.275 e. The molecule has 1 aliphatic heterocycles. The molecule has 1 aliphatic rings. The minimum Gasteiger partial charge on any atom is -0.377 e. The Morgan fingerprint density at radius 2 is 2.56 bits per heavy atom. The fourth-order valence-corrected chi connectivity index (χ4v) is 3.03. The number of likely N-dealkylation sites (N-methyl/N-ethyl adjacent to an activating group) is 1. The quantitative estimate of drug-likeness (QED) is 0.475. The average molecular weight is 269 g/mol. The monoisotopic (exact) mass is 269 g/mol. The van der Waals surface area contributed by atoms with Crippen molar-refractivity contribution in [2.24, 2.45) is 5.84 Å². The Morgan fingerprint density at radius 1 is 1.72 bits per heavy atom. The van der Waals surface area contributed by atoms with Gasteiger partial charge in [-0.1, -0.05) is 0 Å². The molecule has 6 heteroatoms. The van der Waals surface area contributed by atoms with Gasteiger partial charge in [-0.3, -0.25) is 15.1 Å². The summed E-state index contributed by atoms with van der Waals surface area (Å²) in [5.41, 5.74) is 3.20. The van der Waals surface area contributed by atoms with E-state index in [2.05, 4.69) is 10.3 Å². The Kier molecular flexibility index (Phi) is 4.71. The van der Waals surface area contributed by atoms with E-state index in [1.165, 1.54) is 11.3 Å². The summed E-state index contributed by atoms with van der Waals surface area (Å²) in [5.74, 6) is 4.95. The van der Waals surface area contributed by atoms with Crippen molar-refractivity contribution >= 4 is 17.2 Å². The van der Waals surface area contributed by atoms with Crippen LogP contribution in [0.2, 0.25) is 0 Å². The first-order valence-corrected chi connectivity index (χ1v) is 6.96. The maximum absolute atomic E-state index is 11.6. The summed E-state index contributed by atoms with van der Waals surface area (Å²) >= 11 is 1.42. The molecule has 18 heavy (non-hydrogen) atoms. The summed E-state index contributed by atoms with van der Waals surface area (Å²) in [5, 5.41) is 1.92. The van der Waals surface area contributed by atoms with Gasteiger partial charge in [0.15, 0.2) is 0 Å². The second kappa shape index (κ2) is 6.29. The molecule has 0 radical (unpaired) electrons. The van der Waals surface area contributed by atoms with E-state index in [4.69, 9.17) is 10.6 Å². The number of carbonyl (C=O) groups is 1. The van der Waals surface area contributed by atoms with Gasteiger partial charge in [0, 0.05) is 19.7 Å². The molecule has 1 aromatic rings. The Hall–Kier alpha value is -0.950. The number of nitrogens with one attached hydrogen (secondary N) is 1. The van der Waals surface area contributed by atoms with Gasteiger partial charge >= 0.3 is 0 Å². The fraction of sp³-hybridized carbons (Fsp3) is 0.583. The number of carbonyl (C=O) groups excluding carboxylic acids is 1. The van der Waals surface area contributed by atoms with Crippen LogP contribution in [-0.2, 0) is 11.3 Å². The SMILES string of the molecule is CN(Cc1ccsc1C(=O)NN)CC1CCCO1. The lowest BCUT2D eigenvalue weighted by Gasteiger charge is -2.20. The Balaban J connectivity index is 1.91. The zero-order valence-corrected chi connectivity index (χ0v) is 11.3. The summed E-state index contributed by atoms with van der Waals surface area (Å²) in [6.07, 6.45) is 2.61. The van der Waals surface area contributed by atoms with Crippen molar-refractivity contribution in [2.45, 2.75) is 25.5 Å². The van der Waals surface area contributed by atoms with E-state index < -0.39 is 0 Å². The van der Waals surface area contributed by atoms with E-state index in [9.17, 15) is 4.79 Å². The van der Waals surface area contributed by atoms with Crippen molar-refractivity contribution in [3.05, 3.63) is 21.9 Å². The van der Waals surface area contributed by atoms with Gasteiger partial charge in [0.1, 0.15) is 0 Å². The largest absolute Gasteiger partial charge is 0.377 e. The zero-order valence-electron chi connectivity index (χ0n) is 10.5. The number of amides is 1. The van der Waals surface area contributed by atoms with Crippen LogP contribution >= 0.6 is 11.3 Å². The summed E-state index contributed by atoms with van der Waals surface area (Å²) in [6.45, 7) is 2.52. The average Bonchev–Trinajstić information content (AvgIpc) is 2.99. The van der Waals surface area contributed by atoms with Gasteiger partial charge < -0.3 is 4.74 Å². The molecule has 3 N–H and O–H groups in total. The Bertz CT molecular complexity index is 402. The summed E-state index contributed by atoms with van der Waals surface area (Å²) < 4.78 is 5.60. The van der Waals surface area contributed by atoms with Gasteiger partial charge in [0.05, 0.1) is 11.0 Å². The van der Waals surface area contributed by atoms with Crippen LogP contribution in [0, 0.1) is 0 Å². The van der Waals surface area contributed by atoms with Crippen LogP contribution in [0.25, 0.3) is 0 Å². The van der Waals surface area contributed by atoms with Gasteiger partial charge in [-0.15, -0.1) is 11.3 Å². The molecule has 1 atom stereocenters. The zero-order chi connectivity index (χ0) is 13.0. The normalized spacial score (nSPS) is 19.4. The van der Waals surface area contributed by atoms with E-state index >= 15 is 0 Å². The van der Waals surface area contributed by atoms with E-state index in [0.717, 1.165) is 38.1 Å². The van der Waals surface area contributed by atoms with Crippen molar-refractivity contribution in [2.75, 3.05) is 20.2 Å². The number of hydrazine groups is 1. The van der Waals surface area contributed by atoms with Gasteiger partial charge in [-0.2, -0.15) is 0 Å². The molecule has 5 nitrogen and oxygen atoms in total. The van der Waals surface area contributed by atoms with Crippen LogP contribution in [0.3, 0.4) is 0 Å². The van der Waals surface area contributed by atoms with Crippen molar-refractivity contribution < 1.29 is 9.53 Å². The first-order valence-electron chi connectivity index (χ1n) is 6.08. The maximum Gasteiger partial charge on any atom is 0.275 e. The van der Waals surface area contributed by atoms with Gasteiger partial charge in [-0.05, 0) is 36.9 Å². The van der Waals surface area contributed by atoms with Crippen molar-refractivity contribution in [1.82, 2.24) is 10.3 Å². The van der Waals surface area contributed by atoms with Crippen molar-refractivity contribution in [3.8, 4) is 0 Å². The number of nitrogens with two attached hydrogens (primary N) is 1. The number of hydrogen-bond acceptors (Lipinski definition) is 5. The Morgan fingerprint density at radius 3 is 3.22 bits per heavy atom. The minimum atomic E-state index is -0.217. The lowest BCUT2D eigenvalue weighted by atomic mass is 10.2. The van der Waals surface area contributed by atoms with E-state index in [0.29, 0.717) is 11.0 Å². The molecule has 2 heterocycles. The highest BCUT2D eigenvalue weighted by Crippen LogP contribution is 2.19. The highest BCUT2D eigenvalue weighted by molar-refractivity contribution is 7.12. The molecule has 100 valence electrons. The predicted molar refractivity (Wildman–Crippen MR) is 71.3 cm³/mol. The number of hydrogen-bond donors (Lipinski definition) is 2. The molecule has 1 amide bonds. The number of thiophene rings is 1. The molecular weight excluding hydrogens is 250 g/mol. The van der Waals surface area contributed by atoms with Crippen LogP contribution in [0.4, 0.5) is 0 Å². The van der Waals surface area contributed by atoms with Crippen LogP contribution in [-0.4, -0.2) is 37.1 Å². The molecule has 1 aromatic heterocycles. The lowest BCUT2D eigenvalue weighted by Crippen LogP contribution is -2.32. The topological polar surface area (TPSA) is 67.6 Å². The van der Waals surface area contributed by atoms with Gasteiger partial charge in [0.25, 0.3) is 5.91 Å². The second-order valence-electron chi connectivity index (χ2n) is 4.58. The van der Waals surface area contributed by atoms with Gasteiger partial charge in [0.2, 0.25) is 0 Å². The minimum absolute atomic E-state index is 0.217. The van der Waals surface area contributed by atoms with Crippen LogP contribution in [0.15, 0.2) is 11.4 Å². The molecule has 1 fully saturated rings. The van der Waals surface area contributed by atoms with E-state index in [-0.39, 0.29) is 5.91 Å². The third-order valence-corrected chi connectivity index (χ3v) is 4.02. The summed E-state index contributed by atoms with van der Waals surface area (Å²) in [6, 6.07) is 1.97. The fourth-order valence-electron chi connectivity index (χ4n) is 2.22. The standard InChI is InChI=1S/C12H19N3O2S/c1-15(8-10-3-2-5-17-10)7-9-4-6-18-11(9)12(16)14-13/h4,6,10H,2-3,5,7-8,13H2,1H3,(H,14,16). The van der Waals surface area contributed by atoms with Crippen molar-refractivity contribution in [3.63, 3.8) is 0 Å². The molecule has 0 spiro atoms. The highest BCUT2D eigenvalue weighted by atomic mass is 32.1. The molecule has 2 rings (SSSR count). The summed E-state index contributed by atoms with van der Waals surface area (Å²) in [7, 11) is 2.05. The molecule has 0 saturated carbocycles. The Labute approximate surface area is 111 Å². The van der Waals surface area contributed by atoms with Crippen LogP contribution < -0.4 is 11.3 Å². The number of nitrogens with zero attached hydrogens (tertiary/aromatic N) is 1. The summed E-state index contributed by atoms with van der Waals surface area (Å²) in [4.78, 5) is 14.4.